The smallest absolute Gasteiger partial charge is 0.203 e. The quantitative estimate of drug-likeness (QED) is 0.884. The first-order chi connectivity index (χ1) is 10.2. The van der Waals surface area contributed by atoms with Crippen molar-refractivity contribution in [1.82, 2.24) is 9.55 Å². The van der Waals surface area contributed by atoms with Crippen LogP contribution in [0.3, 0.4) is 0 Å². The van der Waals surface area contributed by atoms with Gasteiger partial charge in [0.2, 0.25) is 5.75 Å². The zero-order chi connectivity index (χ0) is 15.4. The molecule has 114 valence electrons. The Morgan fingerprint density at radius 3 is 2.24 bits per heavy atom. The molecule has 0 aliphatic carbocycles. The number of hydrogen-bond donors (Lipinski definition) is 1. The van der Waals surface area contributed by atoms with E-state index in [-0.39, 0.29) is 6.04 Å². The lowest BCUT2D eigenvalue weighted by Gasteiger charge is -2.17. The molecule has 6 heteroatoms. The topological polar surface area (TPSA) is 71.5 Å². The summed E-state index contributed by atoms with van der Waals surface area (Å²) in [7, 11) is 4.76. The van der Waals surface area contributed by atoms with E-state index in [1.54, 1.807) is 33.9 Å². The maximum Gasteiger partial charge on any atom is 0.203 e. The Morgan fingerprint density at radius 2 is 1.76 bits per heavy atom. The van der Waals surface area contributed by atoms with E-state index in [0.717, 1.165) is 17.8 Å². The minimum atomic E-state index is -0.0772. The lowest BCUT2D eigenvalue weighted by molar-refractivity contribution is 0.324. The second-order valence-corrected chi connectivity index (χ2v) is 4.59. The van der Waals surface area contributed by atoms with Crippen LogP contribution in [-0.4, -0.2) is 30.9 Å². The van der Waals surface area contributed by atoms with E-state index in [0.29, 0.717) is 17.2 Å². The molecule has 0 unspecified atom stereocenters. The summed E-state index contributed by atoms with van der Waals surface area (Å²) in [5.41, 5.74) is 7.92. The molecule has 21 heavy (non-hydrogen) atoms. The minimum Gasteiger partial charge on any atom is -0.493 e. The van der Waals surface area contributed by atoms with Gasteiger partial charge in [0.05, 0.1) is 45.2 Å². The number of imidazole rings is 1. The predicted octanol–water partition coefficient (Wildman–Crippen LogP) is 2.31. The maximum atomic E-state index is 6.13. The van der Waals surface area contributed by atoms with Crippen LogP contribution >= 0.6 is 0 Å². The Morgan fingerprint density at radius 1 is 1.14 bits per heavy atom. The number of benzene rings is 1. The highest BCUT2D eigenvalue weighted by molar-refractivity contribution is 5.58. The molecule has 0 amide bonds. The van der Waals surface area contributed by atoms with E-state index in [2.05, 4.69) is 4.98 Å². The number of rotatable bonds is 6. The molecule has 6 nitrogen and oxygen atoms in total. The van der Waals surface area contributed by atoms with Crippen LogP contribution in [0, 0.1) is 0 Å². The molecule has 0 spiro atoms. The van der Waals surface area contributed by atoms with Crippen molar-refractivity contribution in [3.05, 3.63) is 30.4 Å². The van der Waals surface area contributed by atoms with Crippen molar-refractivity contribution in [2.24, 2.45) is 5.73 Å². The van der Waals surface area contributed by atoms with Crippen LogP contribution in [0.25, 0.3) is 5.69 Å². The van der Waals surface area contributed by atoms with Gasteiger partial charge in [-0.15, -0.1) is 0 Å². The van der Waals surface area contributed by atoms with Gasteiger partial charge < -0.3 is 24.5 Å². The monoisotopic (exact) mass is 291 g/mol. The summed E-state index contributed by atoms with van der Waals surface area (Å²) < 4.78 is 18.0. The normalized spacial score (nSPS) is 12.0. The molecule has 1 heterocycles. The molecular weight excluding hydrogens is 270 g/mol. The fourth-order valence-electron chi connectivity index (χ4n) is 2.21. The number of ether oxygens (including phenoxy) is 3. The fraction of sp³-hybridized carbons (Fsp3) is 0.400. The molecule has 1 atom stereocenters. The van der Waals surface area contributed by atoms with Crippen molar-refractivity contribution in [2.75, 3.05) is 21.3 Å². The zero-order valence-electron chi connectivity index (χ0n) is 12.8. The molecule has 1 aromatic heterocycles. The molecule has 2 aromatic rings. The second-order valence-electron chi connectivity index (χ2n) is 4.59. The summed E-state index contributed by atoms with van der Waals surface area (Å²) in [4.78, 5) is 4.19. The van der Waals surface area contributed by atoms with Crippen LogP contribution in [0.15, 0.2) is 24.7 Å². The van der Waals surface area contributed by atoms with Gasteiger partial charge in [0.1, 0.15) is 0 Å². The van der Waals surface area contributed by atoms with Gasteiger partial charge >= 0.3 is 0 Å². The van der Waals surface area contributed by atoms with Gasteiger partial charge in [0.25, 0.3) is 0 Å². The highest BCUT2D eigenvalue weighted by Gasteiger charge is 2.17. The zero-order valence-corrected chi connectivity index (χ0v) is 12.8. The van der Waals surface area contributed by atoms with Crippen LogP contribution in [0.5, 0.6) is 17.2 Å². The van der Waals surface area contributed by atoms with Crippen molar-refractivity contribution < 1.29 is 14.2 Å². The van der Waals surface area contributed by atoms with Crippen LogP contribution in [0.1, 0.15) is 25.1 Å². The van der Waals surface area contributed by atoms with Crippen LogP contribution in [0.4, 0.5) is 0 Å². The summed E-state index contributed by atoms with van der Waals surface area (Å²) in [6.45, 7) is 2.04. The van der Waals surface area contributed by atoms with E-state index < -0.39 is 0 Å². The van der Waals surface area contributed by atoms with Crippen LogP contribution in [0.2, 0.25) is 0 Å². The number of aromatic nitrogens is 2. The first-order valence-electron chi connectivity index (χ1n) is 6.74. The third kappa shape index (κ3) is 2.80. The first kappa shape index (κ1) is 15.2. The number of nitrogens with two attached hydrogens (primary N) is 1. The van der Waals surface area contributed by atoms with Gasteiger partial charge in [-0.3, -0.25) is 0 Å². The summed E-state index contributed by atoms with van der Waals surface area (Å²) in [5.74, 6) is 1.75. The second kappa shape index (κ2) is 6.49. The number of nitrogens with zero attached hydrogens (tertiary/aromatic N) is 2. The molecule has 0 radical (unpaired) electrons. The van der Waals surface area contributed by atoms with E-state index in [1.165, 1.54) is 0 Å². The number of methoxy groups -OCH3 is 3. The standard InChI is InChI=1S/C15H21N3O3/c1-5-11(16)12-8-17-9-18(12)10-6-13(19-2)15(21-4)14(7-10)20-3/h6-9,11H,5,16H2,1-4H3/t11-/m1/s1. The van der Waals surface area contributed by atoms with Crippen molar-refractivity contribution >= 4 is 0 Å². The van der Waals surface area contributed by atoms with Gasteiger partial charge in [-0.1, -0.05) is 6.92 Å². The van der Waals surface area contributed by atoms with Gasteiger partial charge in [-0.2, -0.15) is 0 Å². The van der Waals surface area contributed by atoms with Gasteiger partial charge in [0.15, 0.2) is 11.5 Å². The Kier molecular flexibility index (Phi) is 4.70. The first-order valence-corrected chi connectivity index (χ1v) is 6.74. The van der Waals surface area contributed by atoms with Gasteiger partial charge in [-0.05, 0) is 6.42 Å². The summed E-state index contributed by atoms with van der Waals surface area (Å²) in [6.07, 6.45) is 4.33. The number of hydrogen-bond acceptors (Lipinski definition) is 5. The van der Waals surface area contributed by atoms with E-state index in [4.69, 9.17) is 19.9 Å². The Labute approximate surface area is 124 Å². The summed E-state index contributed by atoms with van der Waals surface area (Å²) >= 11 is 0. The highest BCUT2D eigenvalue weighted by Crippen LogP contribution is 2.39. The SMILES string of the molecule is CC[C@@H](N)c1cncn1-c1cc(OC)c(OC)c(OC)c1. The Hall–Kier alpha value is -2.21. The fourth-order valence-corrected chi connectivity index (χ4v) is 2.21. The molecule has 1 aromatic carbocycles. The molecule has 0 saturated heterocycles. The van der Waals surface area contributed by atoms with Crippen LogP contribution in [-0.2, 0) is 0 Å². The molecule has 0 aliphatic heterocycles. The van der Waals surface area contributed by atoms with Crippen molar-refractivity contribution in [3.8, 4) is 22.9 Å². The van der Waals surface area contributed by atoms with E-state index in [1.807, 2.05) is 23.6 Å². The third-order valence-electron chi connectivity index (χ3n) is 3.41. The Balaban J connectivity index is 2.57. The summed E-state index contributed by atoms with van der Waals surface area (Å²) in [5, 5.41) is 0. The molecule has 2 rings (SSSR count). The average Bonchev–Trinajstić information content (AvgIpc) is 3.02. The predicted molar refractivity (Wildman–Crippen MR) is 80.4 cm³/mol. The lowest BCUT2D eigenvalue weighted by Crippen LogP contribution is -2.13. The van der Waals surface area contributed by atoms with E-state index in [9.17, 15) is 0 Å². The molecule has 0 fully saturated rings. The maximum absolute atomic E-state index is 6.13. The molecule has 0 aliphatic rings. The van der Waals surface area contributed by atoms with Gasteiger partial charge in [0, 0.05) is 18.2 Å². The largest absolute Gasteiger partial charge is 0.493 e. The Bertz CT molecular complexity index is 585. The van der Waals surface area contributed by atoms with Crippen molar-refractivity contribution in [3.63, 3.8) is 0 Å². The summed E-state index contributed by atoms with van der Waals surface area (Å²) in [6, 6.07) is 3.66. The average molecular weight is 291 g/mol. The van der Waals surface area contributed by atoms with E-state index >= 15 is 0 Å². The molecule has 0 saturated carbocycles. The molecular formula is C15H21N3O3. The van der Waals surface area contributed by atoms with Crippen molar-refractivity contribution in [1.29, 1.82) is 0 Å². The molecule has 0 bridgehead atoms. The van der Waals surface area contributed by atoms with Crippen LogP contribution < -0.4 is 19.9 Å². The van der Waals surface area contributed by atoms with Crippen molar-refractivity contribution in [2.45, 2.75) is 19.4 Å². The molecule has 2 N–H and O–H groups in total. The lowest BCUT2D eigenvalue weighted by atomic mass is 10.1. The van der Waals surface area contributed by atoms with Gasteiger partial charge in [-0.25, -0.2) is 4.98 Å². The minimum absolute atomic E-state index is 0.0772. The highest BCUT2D eigenvalue weighted by atomic mass is 16.5. The third-order valence-corrected chi connectivity index (χ3v) is 3.41.